The Kier molecular flexibility index (Phi) is 3.79. The number of carbonyl (C=O) groups is 1. The molecule has 1 aromatic rings. The van der Waals surface area contributed by atoms with Crippen LogP contribution >= 0.6 is 0 Å². The summed E-state index contributed by atoms with van der Waals surface area (Å²) in [6.45, 7) is 4.73. The zero-order valence-corrected chi connectivity index (χ0v) is 10.2. The Balaban J connectivity index is 1.81. The van der Waals surface area contributed by atoms with Crippen molar-refractivity contribution in [3.05, 3.63) is 35.9 Å². The van der Waals surface area contributed by atoms with E-state index in [2.05, 4.69) is 17.0 Å². The van der Waals surface area contributed by atoms with E-state index >= 15 is 0 Å². The van der Waals surface area contributed by atoms with E-state index in [0.29, 0.717) is 5.92 Å². The summed E-state index contributed by atoms with van der Waals surface area (Å²) in [5.41, 5.74) is 1.30. The van der Waals surface area contributed by atoms with Crippen molar-refractivity contribution in [1.29, 1.82) is 0 Å². The topological polar surface area (TPSA) is 40.5 Å². The van der Waals surface area contributed by atoms with E-state index in [-0.39, 0.29) is 5.92 Å². The third-order valence-electron chi connectivity index (χ3n) is 3.56. The highest BCUT2D eigenvalue weighted by Gasteiger charge is 2.35. The van der Waals surface area contributed by atoms with Crippen molar-refractivity contribution in [3.63, 3.8) is 0 Å². The minimum atomic E-state index is -0.642. The molecular formula is C14H19NO2. The van der Waals surface area contributed by atoms with Gasteiger partial charge in [0.2, 0.25) is 0 Å². The summed E-state index contributed by atoms with van der Waals surface area (Å²) >= 11 is 0. The van der Waals surface area contributed by atoms with Gasteiger partial charge in [-0.15, -0.1) is 0 Å². The molecule has 1 aliphatic heterocycles. The predicted octanol–water partition coefficient (Wildman–Crippen LogP) is 2.23. The fraction of sp³-hybridized carbons (Fsp3) is 0.500. The number of carboxylic acids is 1. The van der Waals surface area contributed by atoms with Gasteiger partial charge >= 0.3 is 5.97 Å². The van der Waals surface area contributed by atoms with E-state index in [9.17, 15) is 4.79 Å². The molecule has 0 bridgehead atoms. The maximum atomic E-state index is 11.0. The number of aliphatic carboxylic acids is 1. The number of carboxylic acid groups (broad SMARTS) is 1. The van der Waals surface area contributed by atoms with E-state index in [4.69, 9.17) is 5.11 Å². The molecule has 92 valence electrons. The van der Waals surface area contributed by atoms with Gasteiger partial charge in [0, 0.05) is 19.6 Å². The summed E-state index contributed by atoms with van der Waals surface area (Å²) in [7, 11) is 0. The van der Waals surface area contributed by atoms with Gasteiger partial charge in [-0.3, -0.25) is 9.69 Å². The average Bonchev–Trinajstić information content (AvgIpc) is 2.27. The summed E-state index contributed by atoms with van der Waals surface area (Å²) in [6.07, 6.45) is 0.735. The van der Waals surface area contributed by atoms with Gasteiger partial charge in [-0.05, 0) is 17.9 Å². The lowest BCUT2D eigenvalue weighted by atomic mass is 9.84. The van der Waals surface area contributed by atoms with Crippen molar-refractivity contribution in [3.8, 4) is 0 Å². The van der Waals surface area contributed by atoms with Crippen molar-refractivity contribution < 1.29 is 9.90 Å². The molecule has 17 heavy (non-hydrogen) atoms. The van der Waals surface area contributed by atoms with Crippen molar-refractivity contribution in [2.45, 2.75) is 19.9 Å². The quantitative estimate of drug-likeness (QED) is 0.847. The fourth-order valence-corrected chi connectivity index (χ4v) is 2.54. The molecule has 3 heteroatoms. The Morgan fingerprint density at radius 1 is 1.41 bits per heavy atom. The first kappa shape index (κ1) is 12.1. The van der Waals surface area contributed by atoms with Gasteiger partial charge in [-0.25, -0.2) is 0 Å². The maximum absolute atomic E-state index is 11.0. The lowest BCUT2D eigenvalue weighted by Gasteiger charge is -2.42. The Morgan fingerprint density at radius 2 is 2.06 bits per heavy atom. The van der Waals surface area contributed by atoms with Crippen LogP contribution in [0, 0.1) is 11.8 Å². The fourth-order valence-electron chi connectivity index (χ4n) is 2.54. The molecule has 1 N–H and O–H groups in total. The summed E-state index contributed by atoms with van der Waals surface area (Å²) in [6, 6.07) is 10.3. The molecule has 1 aromatic carbocycles. The van der Waals surface area contributed by atoms with Crippen LogP contribution in [0.4, 0.5) is 0 Å². The SMILES string of the molecule is CCC(C(=O)O)C1CN(Cc2ccccc2)C1. The summed E-state index contributed by atoms with van der Waals surface area (Å²) < 4.78 is 0. The molecule has 1 unspecified atom stereocenters. The van der Waals surface area contributed by atoms with Gasteiger partial charge < -0.3 is 5.11 Å². The van der Waals surface area contributed by atoms with Gasteiger partial charge in [0.15, 0.2) is 0 Å². The largest absolute Gasteiger partial charge is 0.481 e. The normalized spacial score (nSPS) is 18.6. The highest BCUT2D eigenvalue weighted by atomic mass is 16.4. The second-order valence-electron chi connectivity index (χ2n) is 4.79. The molecule has 0 radical (unpaired) electrons. The van der Waals surface area contributed by atoms with Crippen LogP contribution in [0.15, 0.2) is 30.3 Å². The van der Waals surface area contributed by atoms with Crippen molar-refractivity contribution >= 4 is 5.97 Å². The highest BCUT2D eigenvalue weighted by molar-refractivity contribution is 5.70. The van der Waals surface area contributed by atoms with Crippen LogP contribution in [0.2, 0.25) is 0 Å². The zero-order valence-electron chi connectivity index (χ0n) is 10.2. The second kappa shape index (κ2) is 5.32. The average molecular weight is 233 g/mol. The van der Waals surface area contributed by atoms with Gasteiger partial charge in [0.1, 0.15) is 0 Å². The number of benzene rings is 1. The number of hydrogen-bond acceptors (Lipinski definition) is 2. The Hall–Kier alpha value is -1.35. The molecule has 0 aromatic heterocycles. The molecule has 1 saturated heterocycles. The van der Waals surface area contributed by atoms with Gasteiger partial charge in [-0.2, -0.15) is 0 Å². The monoisotopic (exact) mass is 233 g/mol. The van der Waals surface area contributed by atoms with Crippen molar-refractivity contribution in [2.75, 3.05) is 13.1 Å². The van der Waals surface area contributed by atoms with Crippen LogP contribution in [0.1, 0.15) is 18.9 Å². The first-order valence-corrected chi connectivity index (χ1v) is 6.19. The third-order valence-corrected chi connectivity index (χ3v) is 3.56. The molecule has 1 aliphatic rings. The molecule has 0 spiro atoms. The van der Waals surface area contributed by atoms with Gasteiger partial charge in [0.25, 0.3) is 0 Å². The Labute approximate surface area is 102 Å². The van der Waals surface area contributed by atoms with Gasteiger partial charge in [0.05, 0.1) is 5.92 Å². The maximum Gasteiger partial charge on any atom is 0.306 e. The van der Waals surface area contributed by atoms with E-state index in [1.807, 2.05) is 25.1 Å². The molecule has 0 saturated carbocycles. The summed E-state index contributed by atoms with van der Waals surface area (Å²) in [5, 5.41) is 9.07. The van der Waals surface area contributed by atoms with Crippen LogP contribution in [-0.4, -0.2) is 29.1 Å². The first-order chi connectivity index (χ1) is 8.20. The number of likely N-dealkylation sites (tertiary alicyclic amines) is 1. The van der Waals surface area contributed by atoms with E-state index in [1.54, 1.807) is 0 Å². The van der Waals surface area contributed by atoms with Crippen LogP contribution in [-0.2, 0) is 11.3 Å². The first-order valence-electron chi connectivity index (χ1n) is 6.19. The molecule has 1 atom stereocenters. The minimum absolute atomic E-state index is 0.165. The zero-order chi connectivity index (χ0) is 12.3. The van der Waals surface area contributed by atoms with E-state index in [0.717, 1.165) is 26.1 Å². The molecule has 1 fully saturated rings. The second-order valence-corrected chi connectivity index (χ2v) is 4.79. The Bertz CT molecular complexity index is 371. The summed E-state index contributed by atoms with van der Waals surface area (Å²) in [4.78, 5) is 13.3. The van der Waals surface area contributed by atoms with Crippen LogP contribution in [0.25, 0.3) is 0 Å². The lowest BCUT2D eigenvalue weighted by molar-refractivity contribution is -0.146. The molecular weight excluding hydrogens is 214 g/mol. The Morgan fingerprint density at radius 3 is 2.59 bits per heavy atom. The lowest BCUT2D eigenvalue weighted by Crippen LogP contribution is -2.50. The molecule has 0 amide bonds. The van der Waals surface area contributed by atoms with Gasteiger partial charge in [-0.1, -0.05) is 37.3 Å². The van der Waals surface area contributed by atoms with Crippen LogP contribution in [0.3, 0.4) is 0 Å². The van der Waals surface area contributed by atoms with E-state index < -0.39 is 5.97 Å². The molecule has 0 aliphatic carbocycles. The number of hydrogen-bond donors (Lipinski definition) is 1. The van der Waals surface area contributed by atoms with Crippen LogP contribution < -0.4 is 0 Å². The predicted molar refractivity (Wildman–Crippen MR) is 66.6 cm³/mol. The summed E-state index contributed by atoms with van der Waals surface area (Å²) in [5.74, 6) is -0.472. The number of rotatable bonds is 5. The number of nitrogens with zero attached hydrogens (tertiary/aromatic N) is 1. The third kappa shape index (κ3) is 2.86. The van der Waals surface area contributed by atoms with Crippen LogP contribution in [0.5, 0.6) is 0 Å². The minimum Gasteiger partial charge on any atom is -0.481 e. The molecule has 3 nitrogen and oxygen atoms in total. The van der Waals surface area contributed by atoms with Crippen molar-refractivity contribution in [2.24, 2.45) is 11.8 Å². The van der Waals surface area contributed by atoms with E-state index in [1.165, 1.54) is 5.56 Å². The smallest absolute Gasteiger partial charge is 0.306 e. The highest BCUT2D eigenvalue weighted by Crippen LogP contribution is 2.27. The molecule has 2 rings (SSSR count). The standard InChI is InChI=1S/C14H19NO2/c1-2-13(14(16)17)12-9-15(10-12)8-11-6-4-3-5-7-11/h3-7,12-13H,2,8-10H2,1H3,(H,16,17). The van der Waals surface area contributed by atoms with Crippen molar-refractivity contribution in [1.82, 2.24) is 4.90 Å². The molecule has 1 heterocycles.